The number of rotatable bonds is 13. The molecule has 0 aliphatic heterocycles. The van der Waals surface area contributed by atoms with Crippen LogP contribution in [0.1, 0.15) is 201 Å². The first kappa shape index (κ1) is 50.0. The van der Waals surface area contributed by atoms with Crippen molar-refractivity contribution in [1.29, 1.82) is 0 Å². The molecule has 0 spiro atoms. The molecule has 0 radical (unpaired) electrons. The molecule has 5 aromatic heterocycles. The minimum absolute atomic E-state index is 0.102. The van der Waals surface area contributed by atoms with E-state index in [0.717, 1.165) is 126 Å². The van der Waals surface area contributed by atoms with Crippen LogP contribution in [0.3, 0.4) is 0 Å². The van der Waals surface area contributed by atoms with Gasteiger partial charge in [-0.05, 0) is 264 Å². The van der Waals surface area contributed by atoms with Crippen molar-refractivity contribution < 1.29 is 37.0 Å². The van der Waals surface area contributed by atoms with Crippen LogP contribution in [0.5, 0.6) is 0 Å². The summed E-state index contributed by atoms with van der Waals surface area (Å²) in [6, 6.07) is 66.0. The fourth-order valence-electron chi connectivity index (χ4n) is 14.0. The highest BCUT2D eigenvalue weighted by molar-refractivity contribution is 5.99. The molecule has 5 heterocycles. The Morgan fingerprint density at radius 1 is 0.269 bits per heavy atom. The van der Waals surface area contributed by atoms with E-state index in [-0.39, 0.29) is 35.4 Å². The maximum Gasteiger partial charge on any atom is 0.0780 e. The maximum absolute atomic E-state index is 8.30. The fraction of sp³-hybridized carbons (Fsp3) is 0.272. The molecule has 108 heavy (non-hydrogen) atoms. The highest BCUT2D eigenvalue weighted by Crippen LogP contribution is 2.36. The number of aryl methyl sites for hydroxylation is 10. The average Bonchev–Trinajstić information content (AvgIpc) is 0.770. The van der Waals surface area contributed by atoms with Crippen LogP contribution in [0, 0.1) is 86.7 Å². The number of benzene rings is 10. The first-order chi connectivity index (χ1) is 62.3. The highest BCUT2D eigenvalue weighted by atomic mass is 14.7. The number of hydrogen-bond acceptors (Lipinski definition) is 5. The van der Waals surface area contributed by atoms with Crippen molar-refractivity contribution in [2.45, 2.75) is 169 Å². The van der Waals surface area contributed by atoms with Gasteiger partial charge >= 0.3 is 0 Å². The first-order valence-corrected chi connectivity index (χ1v) is 36.3. The molecule has 10 aromatic carbocycles. The molecule has 15 rings (SSSR count). The van der Waals surface area contributed by atoms with Gasteiger partial charge in [0.1, 0.15) is 0 Å². The van der Waals surface area contributed by atoms with E-state index >= 15 is 0 Å². The van der Waals surface area contributed by atoms with Crippen molar-refractivity contribution in [1.82, 2.24) is 24.9 Å². The zero-order chi connectivity index (χ0) is 99.8. The van der Waals surface area contributed by atoms with Crippen LogP contribution in [0.25, 0.3) is 110 Å². The summed E-state index contributed by atoms with van der Waals surface area (Å²) in [6.07, 6.45) is 9.37. The minimum Gasteiger partial charge on any atom is -0.256 e. The van der Waals surface area contributed by atoms with Crippen molar-refractivity contribution in [3.8, 4) is 56.3 Å². The van der Waals surface area contributed by atoms with E-state index < -0.39 is 78.4 Å². The van der Waals surface area contributed by atoms with E-state index in [0.29, 0.717) is 34.6 Å². The zero-order valence-electron chi connectivity index (χ0n) is 90.6. The molecule has 0 aliphatic rings. The first-order valence-electron chi connectivity index (χ1n) is 49.8. The van der Waals surface area contributed by atoms with Gasteiger partial charge in [-0.1, -0.05) is 246 Å². The highest BCUT2D eigenvalue weighted by Gasteiger charge is 2.15. The normalized spacial score (nSPS) is 18.1. The lowest BCUT2D eigenvalue weighted by Crippen LogP contribution is -1.94. The maximum atomic E-state index is 8.30. The molecule has 5 unspecified atom stereocenters. The summed E-state index contributed by atoms with van der Waals surface area (Å²) >= 11 is 0. The van der Waals surface area contributed by atoms with Crippen LogP contribution in [-0.2, 0) is 19.3 Å². The van der Waals surface area contributed by atoms with Gasteiger partial charge in [-0.15, -0.1) is 0 Å². The number of hydrogen-bond donors (Lipinski definition) is 0. The minimum atomic E-state index is -2.46. The molecule has 5 atom stereocenters. The summed E-state index contributed by atoms with van der Waals surface area (Å²) in [5, 5.41) is 9.21. The van der Waals surface area contributed by atoms with Crippen LogP contribution < -0.4 is 0 Å². The van der Waals surface area contributed by atoms with E-state index in [1.807, 2.05) is 130 Å². The Morgan fingerprint density at radius 2 is 0.546 bits per heavy atom. The number of nitrogens with zero attached hydrogens (tertiary/aromatic N) is 5. The van der Waals surface area contributed by atoms with Crippen LogP contribution in [0.4, 0.5) is 0 Å². The lowest BCUT2D eigenvalue weighted by Gasteiger charge is -2.11. The molecule has 0 saturated heterocycles. The van der Waals surface area contributed by atoms with Gasteiger partial charge in [0.25, 0.3) is 0 Å². The Balaban J connectivity index is 0.000000162. The number of fused-ring (bicyclic) bond motifs is 5. The van der Waals surface area contributed by atoms with Gasteiger partial charge in [-0.3, -0.25) is 24.9 Å². The summed E-state index contributed by atoms with van der Waals surface area (Å²) < 4.78 is 208. The van der Waals surface area contributed by atoms with Gasteiger partial charge in [0.2, 0.25) is 0 Å². The molecule has 0 bridgehead atoms. The summed E-state index contributed by atoms with van der Waals surface area (Å²) in [7, 11) is 0. The Bertz CT molecular complexity index is 6790. The van der Waals surface area contributed by atoms with Crippen LogP contribution in [-0.4, -0.2) is 24.9 Å². The molecule has 548 valence electrons. The average molecular weight is 1450 g/mol. The molecule has 0 saturated carbocycles. The predicted molar refractivity (Wildman–Crippen MR) is 467 cm³/mol. The predicted octanol–water partition coefficient (Wildman–Crippen LogP) is 28.4. The van der Waals surface area contributed by atoms with Gasteiger partial charge in [0.05, 0.1) is 28.5 Å². The van der Waals surface area contributed by atoms with Gasteiger partial charge < -0.3 is 0 Å². The lowest BCUT2D eigenvalue weighted by atomic mass is 9.96. The molecular weight excluding hydrogens is 1310 g/mol. The standard InChI is InChI=1S/3C21H23N.2C20H21N/c3*1-14(2)9-17-5-6-20-18(13-17)7-8-22-21(20)19-11-15(3)10-16(4)12-19;2*1-13(2)16-5-6-19-17(12-16)7-8-21-20(19)18-10-14(3)9-15(4)11-18/h3*5-8,10-14H,9H2,1-4H3;2*5-13H,1-4H3/i1D3,3D3,14D;1D3,14D;1D3;1D3,3D3,13D;1D3,3D3. The van der Waals surface area contributed by atoms with Crippen molar-refractivity contribution in [3.05, 3.63) is 327 Å². The summed E-state index contributed by atoms with van der Waals surface area (Å²) in [5.41, 5.74) is 20.2. The number of aromatic nitrogens is 5. The van der Waals surface area contributed by atoms with Crippen molar-refractivity contribution in [2.24, 2.45) is 17.7 Å². The summed E-state index contributed by atoms with van der Waals surface area (Å²) in [4.78, 5) is 22.6. The molecule has 0 fully saturated rings. The second-order valence-corrected chi connectivity index (χ2v) is 28.8. The fourth-order valence-corrected chi connectivity index (χ4v) is 14.0. The van der Waals surface area contributed by atoms with Crippen LogP contribution in [0.15, 0.2) is 243 Å². The molecule has 0 aliphatic carbocycles. The van der Waals surface area contributed by atoms with Crippen molar-refractivity contribution in [2.75, 3.05) is 0 Å². The SMILES string of the molecule is [2H]C([2H])([2H])C(C)Cc1ccc2c(-c3cc(C)cc(C)c3)nccc2c1.[2H]C([2H])([2H])C([2H])(C)Cc1ccc2c(-c3cc(C)cc(C)c3)nccc2c1.[2H]C([2H])([2H])c1cc(C)cc(-c2nccc3cc(C(C)C([2H])([2H])[2H])ccc23)c1.[2H]C([2H])([2H])c1cc(C)cc(-c2nccc3cc(C([2H])(C)C([2H])([2H])[2H])ccc23)c1.[2H]C([2H])([2H])c1cc(C)cc(-c2nccc3cc(CC([2H])(C)C([2H])([2H])[2H])ccc23)c1. The zero-order valence-corrected chi connectivity index (χ0v) is 63.6. The van der Waals surface area contributed by atoms with E-state index in [4.69, 9.17) is 37.0 Å². The third-order valence-electron chi connectivity index (χ3n) is 18.5. The van der Waals surface area contributed by atoms with Gasteiger partial charge in [0.15, 0.2) is 0 Å². The molecule has 0 amide bonds. The smallest absolute Gasteiger partial charge is 0.0780 e. The molecule has 15 aromatic rings. The van der Waals surface area contributed by atoms with E-state index in [9.17, 15) is 0 Å². The Hall–Kier alpha value is -10.8. The largest absolute Gasteiger partial charge is 0.256 e. The third kappa shape index (κ3) is 20.3. The molecule has 5 heteroatoms. The van der Waals surface area contributed by atoms with Gasteiger partial charge in [-0.2, -0.15) is 0 Å². The Kier molecular flexibility index (Phi) is 16.3. The molecular formula is C103H111N5. The van der Waals surface area contributed by atoms with E-state index in [1.165, 1.54) is 43.0 Å². The van der Waals surface area contributed by atoms with Gasteiger partial charge in [-0.25, -0.2) is 0 Å². The summed E-state index contributed by atoms with van der Waals surface area (Å²) in [5.74, 6) is -5.75. The third-order valence-corrected chi connectivity index (χ3v) is 18.5. The van der Waals surface area contributed by atoms with E-state index in [1.54, 1.807) is 99.3 Å². The van der Waals surface area contributed by atoms with Crippen LogP contribution >= 0.6 is 0 Å². The monoisotopic (exact) mass is 1450 g/mol. The topological polar surface area (TPSA) is 64.5 Å². The van der Waals surface area contributed by atoms with Crippen molar-refractivity contribution >= 4 is 53.9 Å². The van der Waals surface area contributed by atoms with Gasteiger partial charge in [0, 0.05) is 123 Å². The molecule has 5 nitrogen and oxygen atoms in total. The second kappa shape index (κ2) is 35.3. The quantitative estimate of drug-likeness (QED) is 0.115. The Labute approximate surface area is 683 Å². The van der Waals surface area contributed by atoms with E-state index in [2.05, 4.69) is 101 Å². The molecule has 0 N–H and O–H groups in total. The Morgan fingerprint density at radius 3 is 0.843 bits per heavy atom. The van der Waals surface area contributed by atoms with Crippen molar-refractivity contribution in [3.63, 3.8) is 0 Å². The summed E-state index contributed by atoms with van der Waals surface area (Å²) in [6.45, 7) is 3.90. The number of pyridine rings is 5. The van der Waals surface area contributed by atoms with Crippen LogP contribution in [0.2, 0.25) is 0 Å². The second-order valence-electron chi connectivity index (χ2n) is 28.8. The lowest BCUT2D eigenvalue weighted by molar-refractivity contribution is 0.647.